The fourth-order valence-corrected chi connectivity index (χ4v) is 5.08. The minimum Gasteiger partial charge on any atom is -0.304 e. The number of aromatic nitrogens is 8. The molecule has 0 amide bonds. The highest BCUT2D eigenvalue weighted by atomic mass is 35.5. The second kappa shape index (κ2) is 24.8. The van der Waals surface area contributed by atoms with E-state index in [9.17, 15) is 18.4 Å². The van der Waals surface area contributed by atoms with Gasteiger partial charge >= 0.3 is 0 Å². The summed E-state index contributed by atoms with van der Waals surface area (Å²) in [5, 5.41) is 11.1. The molecule has 6 rings (SSSR count). The first kappa shape index (κ1) is 44.9. The maximum absolute atomic E-state index is 13.3. The van der Waals surface area contributed by atoms with E-state index >= 15 is 0 Å². The highest BCUT2D eigenvalue weighted by Gasteiger charge is 2.16. The molecule has 4 heterocycles. The van der Waals surface area contributed by atoms with E-state index in [0.29, 0.717) is 49.6 Å². The van der Waals surface area contributed by atoms with Crippen LogP contribution in [0.2, 0.25) is 0 Å². The maximum atomic E-state index is 13.3. The summed E-state index contributed by atoms with van der Waals surface area (Å²) in [6, 6.07) is 20.4. The normalized spacial score (nSPS) is 10.4. The van der Waals surface area contributed by atoms with Gasteiger partial charge in [-0.2, -0.15) is 9.78 Å². The zero-order chi connectivity index (χ0) is 40.7. The predicted molar refractivity (Wildman–Crippen MR) is 216 cm³/mol. The summed E-state index contributed by atoms with van der Waals surface area (Å²) < 4.78 is 27.7. The Labute approximate surface area is 332 Å². The van der Waals surface area contributed by atoms with E-state index in [1.807, 2.05) is 30.3 Å². The Hall–Kier alpha value is -5.53. The van der Waals surface area contributed by atoms with E-state index in [-0.39, 0.29) is 22.8 Å². The van der Waals surface area contributed by atoms with Crippen LogP contribution in [0.15, 0.2) is 97.6 Å². The summed E-state index contributed by atoms with van der Waals surface area (Å²) in [5.41, 5.74) is 3.44. The highest BCUT2D eigenvalue weighted by molar-refractivity contribution is 6.63. The summed E-state index contributed by atoms with van der Waals surface area (Å²) >= 11 is 4.82. The number of carbonyl (C=O) groups is 2. The van der Waals surface area contributed by atoms with Gasteiger partial charge in [0.15, 0.2) is 11.6 Å². The van der Waals surface area contributed by atoms with Crippen molar-refractivity contribution in [2.24, 2.45) is 0 Å². The number of aryl methyl sites for hydroxylation is 4. The number of nitrogens with one attached hydrogen (secondary N) is 1. The Kier molecular flexibility index (Phi) is 19.9. The zero-order valence-corrected chi connectivity index (χ0v) is 33.4. The standard InChI is InChI=1S/C18H17FN4O.C15H13FN4.C6H15N.C3H5ClO/c1-2-17(24)23-16(9-8-13-5-3-7-15(19)11-13)21-18(22-23)14-6-4-10-20-12-14;16-13-5-1-3-11(9-13)6-7-14-18-15(20-19-14)12-4-2-8-17-10-12;1-4-7(5-2)6-3;1-2-3(4)5/h3-7,10-12H,2,8-9H2,1H3;1-5,8-10H,6-7H2,(H,18,19,20);4-6H2,1-3H3;2H2,1H3. The predicted octanol–water partition coefficient (Wildman–Crippen LogP) is 8.62. The summed E-state index contributed by atoms with van der Waals surface area (Å²) in [4.78, 5) is 41.1. The van der Waals surface area contributed by atoms with Crippen molar-refractivity contribution in [1.29, 1.82) is 0 Å². The monoisotopic (exact) mass is 785 g/mol. The van der Waals surface area contributed by atoms with Crippen LogP contribution < -0.4 is 0 Å². The molecular weight excluding hydrogens is 736 g/mol. The molecule has 296 valence electrons. The van der Waals surface area contributed by atoms with E-state index in [1.165, 1.54) is 42.5 Å². The van der Waals surface area contributed by atoms with Crippen molar-refractivity contribution in [2.75, 3.05) is 19.6 Å². The lowest BCUT2D eigenvalue weighted by molar-refractivity contribution is -0.111. The molecule has 0 spiro atoms. The first-order valence-corrected chi connectivity index (χ1v) is 19.1. The summed E-state index contributed by atoms with van der Waals surface area (Å²) in [7, 11) is 0. The topological polar surface area (TPSA) is 135 Å². The maximum Gasteiger partial charge on any atom is 0.248 e. The number of carbonyl (C=O) groups excluding carboxylic acids is 2. The molecule has 0 aliphatic heterocycles. The van der Waals surface area contributed by atoms with Crippen LogP contribution in [0.4, 0.5) is 8.78 Å². The lowest BCUT2D eigenvalue weighted by Gasteiger charge is -2.13. The van der Waals surface area contributed by atoms with Gasteiger partial charge in [0, 0.05) is 61.6 Å². The third kappa shape index (κ3) is 15.7. The molecule has 0 unspecified atom stereocenters. The second-order valence-electron chi connectivity index (χ2n) is 12.2. The van der Waals surface area contributed by atoms with E-state index in [1.54, 1.807) is 62.9 Å². The van der Waals surface area contributed by atoms with Crippen molar-refractivity contribution in [3.63, 3.8) is 0 Å². The van der Waals surface area contributed by atoms with Gasteiger partial charge in [0.2, 0.25) is 11.1 Å². The third-order valence-corrected chi connectivity index (χ3v) is 8.54. The van der Waals surface area contributed by atoms with E-state index in [2.05, 4.69) is 60.9 Å². The van der Waals surface area contributed by atoms with Crippen LogP contribution in [0, 0.1) is 11.6 Å². The molecule has 0 saturated heterocycles. The Bertz CT molecular complexity index is 2030. The Morgan fingerprint density at radius 1 is 0.696 bits per heavy atom. The molecule has 2 aromatic carbocycles. The van der Waals surface area contributed by atoms with Gasteiger partial charge in [0.25, 0.3) is 0 Å². The number of aromatic amines is 1. The van der Waals surface area contributed by atoms with Gasteiger partial charge < -0.3 is 4.90 Å². The first-order chi connectivity index (χ1) is 27.1. The van der Waals surface area contributed by atoms with Crippen molar-refractivity contribution in [3.8, 4) is 22.8 Å². The summed E-state index contributed by atoms with van der Waals surface area (Å²) in [5.74, 6) is 1.86. The quantitative estimate of drug-likeness (QED) is 0.114. The van der Waals surface area contributed by atoms with E-state index in [4.69, 9.17) is 11.6 Å². The number of pyridine rings is 2. The molecular formula is C42H50ClF2N9O2. The molecule has 0 aliphatic rings. The van der Waals surface area contributed by atoms with Gasteiger partial charge in [-0.15, -0.1) is 5.10 Å². The van der Waals surface area contributed by atoms with Crippen molar-refractivity contribution in [1.82, 2.24) is 44.8 Å². The number of hydrogen-bond acceptors (Lipinski definition) is 9. The molecule has 11 nitrogen and oxygen atoms in total. The lowest BCUT2D eigenvalue weighted by Crippen LogP contribution is -2.21. The van der Waals surface area contributed by atoms with Gasteiger partial charge in [-0.05, 0) is 104 Å². The van der Waals surface area contributed by atoms with Gasteiger partial charge in [0.05, 0.1) is 0 Å². The van der Waals surface area contributed by atoms with E-state index in [0.717, 1.165) is 34.5 Å². The smallest absolute Gasteiger partial charge is 0.248 e. The zero-order valence-electron chi connectivity index (χ0n) is 32.6. The van der Waals surface area contributed by atoms with Gasteiger partial charge in [-0.25, -0.2) is 18.7 Å². The van der Waals surface area contributed by atoms with Gasteiger partial charge in [0.1, 0.15) is 23.3 Å². The summed E-state index contributed by atoms with van der Waals surface area (Å²) in [6.45, 7) is 13.6. The van der Waals surface area contributed by atoms with Crippen molar-refractivity contribution < 1.29 is 18.4 Å². The van der Waals surface area contributed by atoms with Crippen LogP contribution in [0.3, 0.4) is 0 Å². The molecule has 0 fully saturated rings. The number of nitrogens with zero attached hydrogens (tertiary/aromatic N) is 8. The minimum atomic E-state index is -0.273. The fraction of sp³-hybridized carbons (Fsp3) is 0.333. The molecule has 0 bridgehead atoms. The van der Waals surface area contributed by atoms with Crippen LogP contribution in [0.5, 0.6) is 0 Å². The minimum absolute atomic E-state index is 0.119. The van der Waals surface area contributed by atoms with Crippen LogP contribution in [-0.2, 0) is 30.5 Å². The van der Waals surface area contributed by atoms with Gasteiger partial charge in [-0.1, -0.05) is 58.9 Å². The molecule has 14 heteroatoms. The average Bonchev–Trinajstić information content (AvgIpc) is 3.89. The Morgan fingerprint density at radius 3 is 1.68 bits per heavy atom. The van der Waals surface area contributed by atoms with Crippen LogP contribution in [0.1, 0.15) is 75.0 Å². The molecule has 0 saturated carbocycles. The van der Waals surface area contributed by atoms with Crippen molar-refractivity contribution in [3.05, 3.63) is 132 Å². The molecule has 0 radical (unpaired) electrons. The number of H-pyrrole nitrogens is 1. The molecule has 0 aliphatic carbocycles. The van der Waals surface area contributed by atoms with Crippen molar-refractivity contribution >= 4 is 22.8 Å². The second-order valence-corrected chi connectivity index (χ2v) is 12.6. The third-order valence-electron chi connectivity index (χ3n) is 8.27. The average molecular weight is 786 g/mol. The highest BCUT2D eigenvalue weighted by Crippen LogP contribution is 2.17. The van der Waals surface area contributed by atoms with Crippen molar-refractivity contribution in [2.45, 2.75) is 73.1 Å². The molecule has 6 aromatic rings. The lowest BCUT2D eigenvalue weighted by atomic mass is 10.1. The number of benzene rings is 2. The van der Waals surface area contributed by atoms with Crippen LogP contribution >= 0.6 is 11.6 Å². The summed E-state index contributed by atoms with van der Waals surface area (Å²) in [6.07, 6.45) is 10.0. The van der Waals surface area contributed by atoms with Crippen LogP contribution in [0.25, 0.3) is 22.8 Å². The largest absolute Gasteiger partial charge is 0.304 e. The first-order valence-electron chi connectivity index (χ1n) is 18.7. The van der Waals surface area contributed by atoms with Gasteiger partial charge in [-0.3, -0.25) is 24.7 Å². The SMILES string of the molecule is CCC(=O)Cl.CCC(=O)n1nc(-c2cccnc2)nc1CCc1cccc(F)c1.CCN(CC)CC.Fc1cccc(CCc2nc(-c3cccnc3)n[nH]2)c1. The molecule has 1 N–H and O–H groups in total. The Morgan fingerprint density at radius 2 is 1.23 bits per heavy atom. The molecule has 0 atom stereocenters. The van der Waals surface area contributed by atoms with E-state index < -0.39 is 0 Å². The fourth-order valence-electron chi connectivity index (χ4n) is 5.08. The molecule has 56 heavy (non-hydrogen) atoms. The number of hydrogen-bond donors (Lipinski definition) is 1. The Balaban J connectivity index is 0.000000236. The number of rotatable bonds is 13. The molecule has 4 aromatic heterocycles. The van der Waals surface area contributed by atoms with Crippen LogP contribution in [-0.4, -0.2) is 75.6 Å². The number of halogens is 3.